The highest BCUT2D eigenvalue weighted by molar-refractivity contribution is 6.30. The fourth-order valence-electron chi connectivity index (χ4n) is 3.79. The maximum Gasteiger partial charge on any atom is 0.253 e. The van der Waals surface area contributed by atoms with Crippen LogP contribution in [0.5, 0.6) is 0 Å². The molecule has 4 heterocycles. The van der Waals surface area contributed by atoms with Crippen LogP contribution in [-0.4, -0.2) is 36.0 Å². The monoisotopic (exact) mass is 292 g/mol. The molecule has 1 amide bonds. The summed E-state index contributed by atoms with van der Waals surface area (Å²) in [5, 5.41) is 2.14. The van der Waals surface area contributed by atoms with Crippen LogP contribution in [-0.2, 0) is 9.63 Å². The van der Waals surface area contributed by atoms with Gasteiger partial charge < -0.3 is 4.90 Å². The van der Waals surface area contributed by atoms with Crippen LogP contribution >= 0.6 is 11.6 Å². The van der Waals surface area contributed by atoms with E-state index in [9.17, 15) is 4.79 Å². The Morgan fingerprint density at radius 1 is 1.20 bits per heavy atom. The molecule has 0 saturated carbocycles. The lowest BCUT2D eigenvalue weighted by atomic mass is 9.74. The minimum absolute atomic E-state index is 0.0565. The van der Waals surface area contributed by atoms with Crippen LogP contribution in [0.4, 0.5) is 5.69 Å². The van der Waals surface area contributed by atoms with Gasteiger partial charge in [0, 0.05) is 11.6 Å². The van der Waals surface area contributed by atoms with Gasteiger partial charge in [-0.25, -0.2) is 0 Å². The number of hydroxylamine groups is 1. The molecule has 106 valence electrons. The molecule has 1 aromatic carbocycles. The van der Waals surface area contributed by atoms with Crippen LogP contribution < -0.4 is 5.06 Å². The van der Waals surface area contributed by atoms with Gasteiger partial charge in [-0.2, -0.15) is 5.06 Å². The number of amides is 1. The first-order valence-corrected chi connectivity index (χ1v) is 7.54. The molecule has 5 rings (SSSR count). The van der Waals surface area contributed by atoms with Crippen molar-refractivity contribution < 1.29 is 9.63 Å². The summed E-state index contributed by atoms with van der Waals surface area (Å²) in [4.78, 5) is 20.9. The first-order chi connectivity index (χ1) is 9.66. The van der Waals surface area contributed by atoms with Gasteiger partial charge in [-0.1, -0.05) is 11.6 Å². The van der Waals surface area contributed by atoms with Crippen molar-refractivity contribution in [2.24, 2.45) is 5.92 Å². The average Bonchev–Trinajstić information content (AvgIpc) is 2.77. The van der Waals surface area contributed by atoms with Crippen molar-refractivity contribution in [2.45, 2.75) is 24.9 Å². The Morgan fingerprint density at radius 3 is 2.50 bits per heavy atom. The lowest BCUT2D eigenvalue weighted by Crippen LogP contribution is -2.59. The van der Waals surface area contributed by atoms with Gasteiger partial charge in [0.25, 0.3) is 5.91 Å². The number of halogens is 1. The Kier molecular flexibility index (Phi) is 2.81. The van der Waals surface area contributed by atoms with Gasteiger partial charge in [-0.05, 0) is 56.1 Å². The third-order valence-corrected chi connectivity index (χ3v) is 5.09. The molecule has 5 heteroatoms. The van der Waals surface area contributed by atoms with Crippen molar-refractivity contribution in [3.63, 3.8) is 0 Å². The van der Waals surface area contributed by atoms with Crippen molar-refractivity contribution in [3.8, 4) is 0 Å². The highest BCUT2D eigenvalue weighted by Crippen LogP contribution is 2.45. The van der Waals surface area contributed by atoms with E-state index >= 15 is 0 Å². The predicted molar refractivity (Wildman–Crippen MR) is 76.5 cm³/mol. The Morgan fingerprint density at radius 2 is 1.90 bits per heavy atom. The molecule has 1 aromatic rings. The lowest BCUT2D eigenvalue weighted by molar-refractivity contribution is -0.132. The Balaban J connectivity index is 1.62. The number of hydrogen-bond donors (Lipinski definition) is 0. The summed E-state index contributed by atoms with van der Waals surface area (Å²) >= 11 is 5.90. The van der Waals surface area contributed by atoms with E-state index in [4.69, 9.17) is 16.4 Å². The maximum atomic E-state index is 12.4. The van der Waals surface area contributed by atoms with Crippen LogP contribution in [0.15, 0.2) is 24.3 Å². The molecule has 4 saturated heterocycles. The number of carbonyl (C=O) groups is 1. The van der Waals surface area contributed by atoms with Crippen LogP contribution in [0.2, 0.25) is 5.02 Å². The van der Waals surface area contributed by atoms with Crippen molar-refractivity contribution in [3.05, 3.63) is 29.3 Å². The number of benzene rings is 1. The van der Waals surface area contributed by atoms with Crippen LogP contribution in [0.3, 0.4) is 0 Å². The number of fused-ring (bicyclic) bond motifs is 2. The predicted octanol–water partition coefficient (Wildman–Crippen LogP) is 2.47. The van der Waals surface area contributed by atoms with Crippen LogP contribution in [0, 0.1) is 5.92 Å². The number of hydrogen-bond acceptors (Lipinski definition) is 3. The first-order valence-electron chi connectivity index (χ1n) is 7.16. The summed E-state index contributed by atoms with van der Waals surface area (Å²) < 4.78 is 0. The van der Waals surface area contributed by atoms with E-state index in [2.05, 4.69) is 4.90 Å². The van der Waals surface area contributed by atoms with Crippen molar-refractivity contribution >= 4 is 23.2 Å². The molecule has 0 radical (unpaired) electrons. The van der Waals surface area contributed by atoms with Gasteiger partial charge in [0.2, 0.25) is 0 Å². The van der Waals surface area contributed by atoms with Crippen molar-refractivity contribution in [1.82, 2.24) is 4.90 Å². The molecule has 1 unspecified atom stereocenters. The Hall–Kier alpha value is -1.10. The number of anilines is 1. The summed E-state index contributed by atoms with van der Waals surface area (Å²) in [6, 6.07) is 7.24. The van der Waals surface area contributed by atoms with Gasteiger partial charge in [0.1, 0.15) is 5.60 Å². The molecular formula is C15H17ClN2O2. The minimum atomic E-state index is -0.298. The van der Waals surface area contributed by atoms with Gasteiger partial charge in [-0.3, -0.25) is 9.63 Å². The van der Waals surface area contributed by atoms with E-state index in [1.807, 2.05) is 12.1 Å². The summed E-state index contributed by atoms with van der Waals surface area (Å²) in [5.41, 5.74) is 0.473. The standard InChI is InChI=1S/C15H17ClN2O2/c16-12-1-3-13(4-2-12)18-14(19)9-15(20-18)10-17-7-5-11(15)6-8-17/h1-4,11H,5-10H2. The maximum absolute atomic E-state index is 12.4. The summed E-state index contributed by atoms with van der Waals surface area (Å²) in [7, 11) is 0. The molecule has 4 fully saturated rings. The van der Waals surface area contributed by atoms with Crippen molar-refractivity contribution in [2.75, 3.05) is 24.7 Å². The molecule has 0 aromatic heterocycles. The van der Waals surface area contributed by atoms with Crippen LogP contribution in [0.1, 0.15) is 19.3 Å². The highest BCUT2D eigenvalue weighted by Gasteiger charge is 2.55. The molecule has 2 bridgehead atoms. The van der Waals surface area contributed by atoms with E-state index in [1.54, 1.807) is 12.1 Å². The largest absolute Gasteiger partial charge is 0.300 e. The Labute approximate surface area is 123 Å². The second kappa shape index (κ2) is 4.45. The minimum Gasteiger partial charge on any atom is -0.300 e. The second-order valence-corrected chi connectivity index (χ2v) is 6.48. The molecule has 1 spiro atoms. The third kappa shape index (κ3) is 1.86. The quantitative estimate of drug-likeness (QED) is 0.797. The molecule has 1 atom stereocenters. The molecule has 0 N–H and O–H groups in total. The normalized spacial score (nSPS) is 36.0. The molecular weight excluding hydrogens is 276 g/mol. The van der Waals surface area contributed by atoms with E-state index in [1.165, 1.54) is 5.06 Å². The average molecular weight is 293 g/mol. The summed E-state index contributed by atoms with van der Waals surface area (Å²) in [6.45, 7) is 3.17. The van der Waals surface area contributed by atoms with Gasteiger partial charge in [-0.15, -0.1) is 0 Å². The van der Waals surface area contributed by atoms with Gasteiger partial charge in [0.05, 0.1) is 12.1 Å². The molecule has 4 aliphatic heterocycles. The van der Waals surface area contributed by atoms with E-state index in [0.29, 0.717) is 17.4 Å². The first kappa shape index (κ1) is 12.6. The topological polar surface area (TPSA) is 32.8 Å². The molecule has 4 aliphatic rings. The molecule has 20 heavy (non-hydrogen) atoms. The SMILES string of the molecule is O=C1CC2(CN3CCC2CC3)ON1c1ccc(Cl)cc1. The van der Waals surface area contributed by atoms with Crippen LogP contribution in [0.25, 0.3) is 0 Å². The third-order valence-electron chi connectivity index (χ3n) is 4.83. The lowest BCUT2D eigenvalue weighted by Gasteiger charge is -2.49. The highest BCUT2D eigenvalue weighted by atomic mass is 35.5. The number of nitrogens with zero attached hydrogens (tertiary/aromatic N) is 2. The molecule has 4 nitrogen and oxygen atoms in total. The van der Waals surface area contributed by atoms with E-state index < -0.39 is 0 Å². The zero-order valence-electron chi connectivity index (χ0n) is 11.2. The smallest absolute Gasteiger partial charge is 0.253 e. The molecule has 0 aliphatic carbocycles. The second-order valence-electron chi connectivity index (χ2n) is 6.05. The number of carbonyl (C=O) groups excluding carboxylic acids is 1. The van der Waals surface area contributed by atoms with Gasteiger partial charge >= 0.3 is 0 Å². The fourth-order valence-corrected chi connectivity index (χ4v) is 3.92. The number of rotatable bonds is 1. The van der Waals surface area contributed by atoms with E-state index in [0.717, 1.165) is 38.2 Å². The zero-order chi connectivity index (χ0) is 13.7. The number of piperidine rings is 3. The fraction of sp³-hybridized carbons (Fsp3) is 0.533. The van der Waals surface area contributed by atoms with E-state index in [-0.39, 0.29) is 11.5 Å². The Bertz CT molecular complexity index is 539. The summed E-state index contributed by atoms with van der Waals surface area (Å²) in [5.74, 6) is 0.565. The van der Waals surface area contributed by atoms with Crippen molar-refractivity contribution in [1.29, 1.82) is 0 Å². The zero-order valence-corrected chi connectivity index (χ0v) is 12.0. The summed E-state index contributed by atoms with van der Waals surface area (Å²) in [6.07, 6.45) is 2.78. The van der Waals surface area contributed by atoms with Gasteiger partial charge in [0.15, 0.2) is 0 Å².